The Balaban J connectivity index is 2.24. The van der Waals surface area contributed by atoms with Gasteiger partial charge in [-0.3, -0.25) is 0 Å². The molecule has 2 unspecified atom stereocenters. The van der Waals surface area contributed by atoms with E-state index in [-0.39, 0.29) is 12.1 Å². The van der Waals surface area contributed by atoms with Gasteiger partial charge < -0.3 is 15.3 Å². The number of aliphatic hydroxyl groups is 1. The molecular formula is C14H24N4O. The van der Waals surface area contributed by atoms with Crippen molar-refractivity contribution in [1.29, 1.82) is 0 Å². The zero-order chi connectivity index (χ0) is 13.8. The van der Waals surface area contributed by atoms with E-state index < -0.39 is 0 Å². The van der Waals surface area contributed by atoms with Gasteiger partial charge in [0.05, 0.1) is 12.1 Å². The third kappa shape index (κ3) is 3.15. The second-order valence-electron chi connectivity index (χ2n) is 5.16. The molecule has 5 heteroatoms. The highest BCUT2D eigenvalue weighted by Gasteiger charge is 2.27. The number of hydrogen-bond donors (Lipinski definition) is 2. The fourth-order valence-electron chi connectivity index (χ4n) is 2.66. The molecule has 5 nitrogen and oxygen atoms in total. The van der Waals surface area contributed by atoms with E-state index in [4.69, 9.17) is 0 Å². The van der Waals surface area contributed by atoms with Crippen LogP contribution in [0.1, 0.15) is 38.4 Å². The van der Waals surface area contributed by atoms with Crippen molar-refractivity contribution in [2.45, 2.75) is 51.2 Å². The second-order valence-corrected chi connectivity index (χ2v) is 5.16. The summed E-state index contributed by atoms with van der Waals surface area (Å²) >= 11 is 0. The molecule has 0 amide bonds. The summed E-state index contributed by atoms with van der Waals surface area (Å²) in [7, 11) is 3.88. The number of nitrogens with zero attached hydrogens (tertiary/aromatic N) is 3. The lowest BCUT2D eigenvalue weighted by Gasteiger charge is -2.36. The molecule has 106 valence electrons. The predicted molar refractivity (Wildman–Crippen MR) is 77.6 cm³/mol. The molecule has 1 aromatic rings. The summed E-state index contributed by atoms with van der Waals surface area (Å²) in [6.45, 7) is 2.05. The Hall–Kier alpha value is -1.36. The minimum absolute atomic E-state index is 0.165. The molecule has 1 fully saturated rings. The molecule has 2 rings (SSSR count). The maximum Gasteiger partial charge on any atom is 0.134 e. The van der Waals surface area contributed by atoms with Gasteiger partial charge in [-0.1, -0.05) is 19.8 Å². The van der Waals surface area contributed by atoms with E-state index in [0.717, 1.165) is 43.1 Å². The smallest absolute Gasteiger partial charge is 0.134 e. The van der Waals surface area contributed by atoms with Crippen molar-refractivity contribution >= 4 is 11.6 Å². The van der Waals surface area contributed by atoms with Crippen LogP contribution in [0, 0.1) is 0 Å². The third-order valence-corrected chi connectivity index (χ3v) is 3.88. The normalized spacial score (nSPS) is 23.2. The summed E-state index contributed by atoms with van der Waals surface area (Å²) in [4.78, 5) is 11.1. The van der Waals surface area contributed by atoms with Gasteiger partial charge in [0, 0.05) is 26.6 Å². The molecule has 0 saturated heterocycles. The van der Waals surface area contributed by atoms with Crippen molar-refractivity contribution in [2.24, 2.45) is 0 Å². The number of likely N-dealkylation sites (N-methyl/N-ethyl adjacent to an activating group) is 1. The highest BCUT2D eigenvalue weighted by molar-refractivity contribution is 5.49. The van der Waals surface area contributed by atoms with Crippen LogP contribution in [0.3, 0.4) is 0 Å². The van der Waals surface area contributed by atoms with Crippen molar-refractivity contribution < 1.29 is 5.11 Å². The van der Waals surface area contributed by atoms with E-state index in [0.29, 0.717) is 0 Å². The lowest BCUT2D eigenvalue weighted by molar-refractivity contribution is 0.106. The Kier molecular flexibility index (Phi) is 4.58. The minimum atomic E-state index is -0.253. The number of hydrogen-bond acceptors (Lipinski definition) is 5. The van der Waals surface area contributed by atoms with E-state index in [2.05, 4.69) is 20.2 Å². The molecule has 1 aromatic heterocycles. The van der Waals surface area contributed by atoms with Crippen LogP contribution in [0.5, 0.6) is 0 Å². The van der Waals surface area contributed by atoms with Crippen LogP contribution in [0.25, 0.3) is 0 Å². The molecule has 0 aromatic carbocycles. The highest BCUT2D eigenvalue weighted by atomic mass is 16.3. The summed E-state index contributed by atoms with van der Waals surface area (Å²) in [6.07, 6.45) is 4.77. The maximum atomic E-state index is 10.2. The molecule has 19 heavy (non-hydrogen) atoms. The molecule has 0 spiro atoms. The summed E-state index contributed by atoms with van der Waals surface area (Å²) in [5.74, 6) is 2.56. The van der Waals surface area contributed by atoms with Gasteiger partial charge in [-0.15, -0.1) is 0 Å². The van der Waals surface area contributed by atoms with E-state index in [9.17, 15) is 5.11 Å². The number of anilines is 2. The minimum Gasteiger partial charge on any atom is -0.391 e. The Labute approximate surface area is 115 Å². The number of nitrogens with one attached hydrogen (secondary N) is 1. The van der Waals surface area contributed by atoms with Crippen LogP contribution in [-0.4, -0.2) is 41.3 Å². The first-order valence-electron chi connectivity index (χ1n) is 7.12. The van der Waals surface area contributed by atoms with E-state index in [1.807, 2.05) is 27.1 Å². The van der Waals surface area contributed by atoms with Gasteiger partial charge in [-0.05, 0) is 12.8 Å². The van der Waals surface area contributed by atoms with E-state index >= 15 is 0 Å². The van der Waals surface area contributed by atoms with Crippen LogP contribution >= 0.6 is 0 Å². The highest BCUT2D eigenvalue weighted by Crippen LogP contribution is 2.26. The van der Waals surface area contributed by atoms with Crippen LogP contribution in [0.4, 0.5) is 11.6 Å². The van der Waals surface area contributed by atoms with Gasteiger partial charge in [0.1, 0.15) is 17.5 Å². The van der Waals surface area contributed by atoms with Crippen molar-refractivity contribution in [2.75, 3.05) is 24.3 Å². The molecule has 2 atom stereocenters. The molecule has 1 aliphatic carbocycles. The molecule has 1 heterocycles. The van der Waals surface area contributed by atoms with Crippen molar-refractivity contribution in [1.82, 2.24) is 9.97 Å². The number of rotatable bonds is 4. The Morgan fingerprint density at radius 3 is 2.74 bits per heavy atom. The summed E-state index contributed by atoms with van der Waals surface area (Å²) < 4.78 is 0. The Morgan fingerprint density at radius 2 is 2.11 bits per heavy atom. The molecule has 0 aliphatic heterocycles. The lowest BCUT2D eigenvalue weighted by atomic mass is 9.91. The molecule has 0 bridgehead atoms. The first-order chi connectivity index (χ1) is 9.15. The number of aryl methyl sites for hydroxylation is 1. The first kappa shape index (κ1) is 14.1. The maximum absolute atomic E-state index is 10.2. The lowest BCUT2D eigenvalue weighted by Crippen LogP contribution is -2.44. The van der Waals surface area contributed by atoms with Crippen molar-refractivity contribution in [3.05, 3.63) is 11.9 Å². The average molecular weight is 264 g/mol. The Bertz CT molecular complexity index is 402. The van der Waals surface area contributed by atoms with Crippen molar-refractivity contribution in [3.8, 4) is 0 Å². The van der Waals surface area contributed by atoms with Crippen LogP contribution in [-0.2, 0) is 6.42 Å². The Morgan fingerprint density at radius 1 is 1.37 bits per heavy atom. The van der Waals surface area contributed by atoms with E-state index in [1.165, 1.54) is 6.42 Å². The summed E-state index contributed by atoms with van der Waals surface area (Å²) in [5.41, 5.74) is 0. The van der Waals surface area contributed by atoms with Gasteiger partial charge in [-0.2, -0.15) is 0 Å². The second kappa shape index (κ2) is 6.19. The van der Waals surface area contributed by atoms with Crippen LogP contribution in [0.2, 0.25) is 0 Å². The molecule has 2 N–H and O–H groups in total. The number of aliphatic hydroxyl groups excluding tert-OH is 1. The molecule has 1 aliphatic rings. The van der Waals surface area contributed by atoms with Gasteiger partial charge in [0.2, 0.25) is 0 Å². The quantitative estimate of drug-likeness (QED) is 0.868. The van der Waals surface area contributed by atoms with Crippen molar-refractivity contribution in [3.63, 3.8) is 0 Å². The third-order valence-electron chi connectivity index (χ3n) is 3.88. The first-order valence-corrected chi connectivity index (χ1v) is 7.12. The van der Waals surface area contributed by atoms with E-state index in [1.54, 1.807) is 0 Å². The SMILES string of the molecule is CCc1nc(NC)cc(N(C)C2CCCCC2O)n1. The monoisotopic (exact) mass is 264 g/mol. The molecule has 0 radical (unpaired) electrons. The predicted octanol–water partition coefficient (Wildman–Crippen LogP) is 1.82. The topological polar surface area (TPSA) is 61.3 Å². The van der Waals surface area contributed by atoms with Gasteiger partial charge in [-0.25, -0.2) is 9.97 Å². The van der Waals surface area contributed by atoms with Gasteiger partial charge in [0.15, 0.2) is 0 Å². The standard InChI is InChI=1S/C14H24N4O/c1-4-12-16-13(15-2)9-14(17-12)18(3)10-7-5-6-8-11(10)19/h9-11,19H,4-8H2,1-3H3,(H,15,16,17). The summed E-state index contributed by atoms with van der Waals surface area (Å²) in [5, 5.41) is 13.2. The van der Waals surface area contributed by atoms with Crippen LogP contribution in [0.15, 0.2) is 6.07 Å². The zero-order valence-corrected chi connectivity index (χ0v) is 12.1. The molecular weight excluding hydrogens is 240 g/mol. The zero-order valence-electron chi connectivity index (χ0n) is 12.1. The number of aromatic nitrogens is 2. The average Bonchev–Trinajstić information content (AvgIpc) is 2.46. The van der Waals surface area contributed by atoms with Crippen LogP contribution < -0.4 is 10.2 Å². The van der Waals surface area contributed by atoms with Gasteiger partial charge >= 0.3 is 0 Å². The largest absolute Gasteiger partial charge is 0.391 e. The fraction of sp³-hybridized carbons (Fsp3) is 0.714. The fourth-order valence-corrected chi connectivity index (χ4v) is 2.66. The summed E-state index contributed by atoms with van der Waals surface area (Å²) in [6, 6.07) is 2.11. The van der Waals surface area contributed by atoms with Gasteiger partial charge in [0.25, 0.3) is 0 Å². The molecule has 1 saturated carbocycles.